The lowest BCUT2D eigenvalue weighted by Crippen LogP contribution is -2.00. The lowest BCUT2D eigenvalue weighted by molar-refractivity contribution is -0.116. The summed E-state index contributed by atoms with van der Waals surface area (Å²) in [5, 5.41) is 0. The van der Waals surface area contributed by atoms with Gasteiger partial charge in [0.15, 0.2) is 0 Å². The second kappa shape index (κ2) is 5.03. The summed E-state index contributed by atoms with van der Waals surface area (Å²) in [6.45, 7) is 2.05. The number of carbonyl (C=O) groups excluding carboxylic acids is 1. The van der Waals surface area contributed by atoms with Crippen LogP contribution in [0.5, 0.6) is 0 Å². The number of hydrogen-bond acceptors (Lipinski definition) is 1. The van der Waals surface area contributed by atoms with Crippen molar-refractivity contribution in [2.24, 2.45) is 0 Å². The summed E-state index contributed by atoms with van der Waals surface area (Å²) < 4.78 is 0. The van der Waals surface area contributed by atoms with Crippen molar-refractivity contribution in [2.45, 2.75) is 19.8 Å². The predicted molar refractivity (Wildman–Crippen MR) is 55.2 cm³/mol. The van der Waals surface area contributed by atoms with Gasteiger partial charge in [0.1, 0.15) is 5.78 Å². The third-order valence-electron chi connectivity index (χ3n) is 1.96. The highest BCUT2D eigenvalue weighted by molar-refractivity contribution is 6.27. The molecule has 0 unspecified atom stereocenters. The summed E-state index contributed by atoms with van der Waals surface area (Å²) in [6, 6.07) is 8.22. The van der Waals surface area contributed by atoms with E-state index >= 15 is 0 Å². The number of hydrogen-bond donors (Lipinski definition) is 0. The minimum Gasteiger partial charge on any atom is -0.298 e. The quantitative estimate of drug-likeness (QED) is 0.677. The number of rotatable bonds is 4. The molecule has 1 aromatic carbocycles. The summed E-state index contributed by atoms with van der Waals surface area (Å²) in [5.74, 6) is 0.244. The number of carbonyl (C=O) groups is 1. The van der Waals surface area contributed by atoms with Crippen molar-refractivity contribution >= 4 is 17.4 Å². The fourth-order valence-electron chi connectivity index (χ4n) is 1.11. The molecule has 0 aliphatic heterocycles. The molecule has 0 heterocycles. The summed E-state index contributed by atoms with van der Waals surface area (Å²) in [5.41, 5.74) is 2.44. The fourth-order valence-corrected chi connectivity index (χ4v) is 1.24. The molecular weight excluding hydrogens is 184 g/mol. The lowest BCUT2D eigenvalue weighted by Gasteiger charge is -1.99. The first-order valence-electron chi connectivity index (χ1n) is 4.35. The fraction of sp³-hybridized carbons (Fsp3) is 0.364. The van der Waals surface area contributed by atoms with Crippen LogP contribution in [-0.4, -0.2) is 11.7 Å². The van der Waals surface area contributed by atoms with Crippen LogP contribution in [0.3, 0.4) is 0 Å². The van der Waals surface area contributed by atoms with Gasteiger partial charge in [-0.05, 0) is 18.9 Å². The van der Waals surface area contributed by atoms with Crippen LogP contribution in [-0.2, 0) is 11.2 Å². The molecule has 2 heteroatoms. The van der Waals surface area contributed by atoms with E-state index in [0.717, 1.165) is 6.42 Å². The number of ketones is 1. The first-order chi connectivity index (χ1) is 6.22. The standard InChI is InChI=1S/C11H13ClO/c1-9-2-4-10(5-3-9)6-7-11(13)8-12/h2-5H,6-8H2,1H3. The van der Waals surface area contributed by atoms with Crippen molar-refractivity contribution in [3.05, 3.63) is 35.4 Å². The Bertz CT molecular complexity index is 277. The summed E-state index contributed by atoms with van der Waals surface area (Å²) in [6.07, 6.45) is 1.35. The van der Waals surface area contributed by atoms with Gasteiger partial charge in [-0.25, -0.2) is 0 Å². The summed E-state index contributed by atoms with van der Waals surface area (Å²) in [7, 11) is 0. The van der Waals surface area contributed by atoms with Gasteiger partial charge < -0.3 is 0 Å². The predicted octanol–water partition coefficient (Wildman–Crippen LogP) is 2.74. The minimum absolute atomic E-state index is 0.113. The van der Waals surface area contributed by atoms with E-state index in [1.165, 1.54) is 11.1 Å². The molecule has 0 saturated carbocycles. The molecule has 0 aliphatic carbocycles. The molecule has 0 bridgehead atoms. The molecule has 13 heavy (non-hydrogen) atoms. The van der Waals surface area contributed by atoms with Crippen molar-refractivity contribution in [3.8, 4) is 0 Å². The Morgan fingerprint density at radius 2 is 1.92 bits per heavy atom. The van der Waals surface area contributed by atoms with E-state index in [2.05, 4.69) is 24.3 Å². The molecule has 0 spiro atoms. The zero-order valence-electron chi connectivity index (χ0n) is 7.72. The number of alkyl halides is 1. The first-order valence-corrected chi connectivity index (χ1v) is 4.89. The van der Waals surface area contributed by atoms with Gasteiger partial charge in [-0.15, -0.1) is 11.6 Å². The van der Waals surface area contributed by atoms with Crippen molar-refractivity contribution in [1.82, 2.24) is 0 Å². The van der Waals surface area contributed by atoms with Crippen molar-refractivity contribution < 1.29 is 4.79 Å². The Labute approximate surface area is 83.7 Å². The summed E-state index contributed by atoms with van der Waals surface area (Å²) >= 11 is 5.39. The van der Waals surface area contributed by atoms with Crippen molar-refractivity contribution in [3.63, 3.8) is 0 Å². The van der Waals surface area contributed by atoms with E-state index < -0.39 is 0 Å². The van der Waals surface area contributed by atoms with Crippen LogP contribution in [0.15, 0.2) is 24.3 Å². The number of halogens is 1. The van der Waals surface area contributed by atoms with Gasteiger partial charge in [0, 0.05) is 6.42 Å². The van der Waals surface area contributed by atoms with Gasteiger partial charge in [-0.1, -0.05) is 29.8 Å². The molecule has 1 nitrogen and oxygen atoms in total. The number of benzene rings is 1. The van der Waals surface area contributed by atoms with E-state index in [1.54, 1.807) is 0 Å². The largest absolute Gasteiger partial charge is 0.298 e. The third-order valence-corrected chi connectivity index (χ3v) is 2.26. The van der Waals surface area contributed by atoms with Gasteiger partial charge in [0.05, 0.1) is 5.88 Å². The Morgan fingerprint density at radius 1 is 1.31 bits per heavy atom. The highest BCUT2D eigenvalue weighted by atomic mass is 35.5. The van der Waals surface area contributed by atoms with Gasteiger partial charge in [-0.3, -0.25) is 4.79 Å². The zero-order chi connectivity index (χ0) is 9.68. The van der Waals surface area contributed by atoms with Crippen LogP contribution in [0.1, 0.15) is 17.5 Å². The third kappa shape index (κ3) is 3.60. The SMILES string of the molecule is Cc1ccc(CCC(=O)CCl)cc1. The Morgan fingerprint density at radius 3 is 2.46 bits per heavy atom. The molecule has 0 atom stereocenters. The second-order valence-electron chi connectivity index (χ2n) is 3.16. The van der Waals surface area contributed by atoms with Gasteiger partial charge in [-0.2, -0.15) is 0 Å². The summed E-state index contributed by atoms with van der Waals surface area (Å²) in [4.78, 5) is 10.9. The Hall–Kier alpha value is -0.820. The zero-order valence-corrected chi connectivity index (χ0v) is 8.47. The maximum absolute atomic E-state index is 10.9. The molecular formula is C11H13ClO. The first kappa shape index (κ1) is 10.3. The monoisotopic (exact) mass is 196 g/mol. The normalized spacial score (nSPS) is 10.0. The molecule has 0 N–H and O–H groups in total. The van der Waals surface area contributed by atoms with Crippen LogP contribution in [0.2, 0.25) is 0 Å². The average molecular weight is 197 g/mol. The van der Waals surface area contributed by atoms with E-state index in [-0.39, 0.29) is 11.7 Å². The maximum Gasteiger partial charge on any atom is 0.147 e. The maximum atomic E-state index is 10.9. The Kier molecular flexibility index (Phi) is 3.97. The molecule has 1 rings (SSSR count). The molecule has 0 amide bonds. The van der Waals surface area contributed by atoms with Crippen molar-refractivity contribution in [1.29, 1.82) is 0 Å². The number of Topliss-reactive ketones (excluding diaryl/α,β-unsaturated/α-hetero) is 1. The number of aryl methyl sites for hydroxylation is 2. The smallest absolute Gasteiger partial charge is 0.147 e. The molecule has 1 aromatic rings. The van der Waals surface area contributed by atoms with E-state index in [0.29, 0.717) is 6.42 Å². The highest BCUT2D eigenvalue weighted by Crippen LogP contribution is 2.06. The van der Waals surface area contributed by atoms with Gasteiger partial charge in [0.2, 0.25) is 0 Å². The van der Waals surface area contributed by atoms with Crippen LogP contribution >= 0.6 is 11.6 Å². The van der Waals surface area contributed by atoms with E-state index in [1.807, 2.05) is 6.92 Å². The Balaban J connectivity index is 2.46. The van der Waals surface area contributed by atoms with Gasteiger partial charge >= 0.3 is 0 Å². The molecule has 70 valence electrons. The second-order valence-corrected chi connectivity index (χ2v) is 3.43. The average Bonchev–Trinajstić information content (AvgIpc) is 2.16. The lowest BCUT2D eigenvalue weighted by atomic mass is 10.1. The van der Waals surface area contributed by atoms with Crippen LogP contribution in [0.4, 0.5) is 0 Å². The minimum atomic E-state index is 0.113. The highest BCUT2D eigenvalue weighted by Gasteiger charge is 1.99. The van der Waals surface area contributed by atoms with Crippen LogP contribution < -0.4 is 0 Å². The van der Waals surface area contributed by atoms with E-state index in [9.17, 15) is 4.79 Å². The molecule has 0 radical (unpaired) electrons. The molecule has 0 fully saturated rings. The van der Waals surface area contributed by atoms with Crippen molar-refractivity contribution in [2.75, 3.05) is 5.88 Å². The van der Waals surface area contributed by atoms with Crippen LogP contribution in [0, 0.1) is 6.92 Å². The molecule has 0 saturated heterocycles. The topological polar surface area (TPSA) is 17.1 Å². The van der Waals surface area contributed by atoms with E-state index in [4.69, 9.17) is 11.6 Å². The van der Waals surface area contributed by atoms with Gasteiger partial charge in [0.25, 0.3) is 0 Å². The molecule has 0 aromatic heterocycles. The van der Waals surface area contributed by atoms with Crippen LogP contribution in [0.25, 0.3) is 0 Å². The molecule has 0 aliphatic rings.